The first-order valence-corrected chi connectivity index (χ1v) is 10.0. The van der Waals surface area contributed by atoms with Crippen molar-refractivity contribution in [2.24, 2.45) is 0 Å². The number of aryl methyl sites for hydroxylation is 1. The van der Waals surface area contributed by atoms with E-state index in [0.717, 1.165) is 11.1 Å². The van der Waals surface area contributed by atoms with Crippen molar-refractivity contribution in [1.82, 2.24) is 0 Å². The number of benzene rings is 3. The Bertz CT molecular complexity index is 1070. The van der Waals surface area contributed by atoms with Crippen LogP contribution in [0.3, 0.4) is 0 Å². The van der Waals surface area contributed by atoms with Crippen LogP contribution in [-0.2, 0) is 16.1 Å². The van der Waals surface area contributed by atoms with Crippen molar-refractivity contribution in [1.29, 1.82) is 5.26 Å². The number of carbonyl (C=O) groups excluding carboxylic acids is 1. The van der Waals surface area contributed by atoms with Crippen molar-refractivity contribution in [2.45, 2.75) is 31.6 Å². The van der Waals surface area contributed by atoms with Gasteiger partial charge in [0.1, 0.15) is 23.3 Å². The minimum Gasteiger partial charge on any atom is -0.456 e. The van der Waals surface area contributed by atoms with Crippen LogP contribution in [-0.4, -0.2) is 5.97 Å². The maximum absolute atomic E-state index is 12.5. The van der Waals surface area contributed by atoms with E-state index < -0.39 is 4.87 Å². The molecule has 3 aromatic rings. The second-order valence-electron chi connectivity index (χ2n) is 7.26. The van der Waals surface area contributed by atoms with Gasteiger partial charge in [0.15, 0.2) is 0 Å². The van der Waals surface area contributed by atoms with E-state index in [1.54, 1.807) is 18.2 Å². The molecule has 0 radical (unpaired) electrons. The topological polar surface area (TPSA) is 59.3 Å². The highest BCUT2D eigenvalue weighted by molar-refractivity contribution is 6.23. The molecular formula is C25H22ClNO3. The Morgan fingerprint density at radius 2 is 1.63 bits per heavy atom. The van der Waals surface area contributed by atoms with Gasteiger partial charge in [-0.15, -0.1) is 11.6 Å². The quantitative estimate of drug-likeness (QED) is 0.254. The molecule has 3 rings (SSSR count). The molecule has 0 aliphatic heterocycles. The van der Waals surface area contributed by atoms with Crippen molar-refractivity contribution < 1.29 is 14.3 Å². The van der Waals surface area contributed by atoms with E-state index in [1.165, 1.54) is 0 Å². The monoisotopic (exact) mass is 419 g/mol. The van der Waals surface area contributed by atoms with Gasteiger partial charge in [0.25, 0.3) is 0 Å². The number of carbonyl (C=O) groups is 1. The van der Waals surface area contributed by atoms with Gasteiger partial charge >= 0.3 is 5.97 Å². The highest BCUT2D eigenvalue weighted by Crippen LogP contribution is 2.35. The van der Waals surface area contributed by atoms with Crippen molar-refractivity contribution >= 4 is 17.6 Å². The Hall–Kier alpha value is -3.29. The normalized spacial score (nSPS) is 10.9. The zero-order valence-corrected chi connectivity index (χ0v) is 17.6. The van der Waals surface area contributed by atoms with Crippen molar-refractivity contribution in [2.75, 3.05) is 0 Å². The number of alkyl halides is 1. The Kier molecular flexibility index (Phi) is 6.76. The summed E-state index contributed by atoms with van der Waals surface area (Å²) in [5, 5.41) is 9.64. The third-order valence-electron chi connectivity index (χ3n) is 4.55. The molecule has 0 unspecified atom stereocenters. The van der Waals surface area contributed by atoms with E-state index in [9.17, 15) is 10.1 Å². The first kappa shape index (κ1) is 21.4. The van der Waals surface area contributed by atoms with E-state index in [4.69, 9.17) is 21.1 Å². The molecule has 0 aromatic heterocycles. The Morgan fingerprint density at radius 3 is 2.33 bits per heavy atom. The molecule has 0 amide bonds. The lowest BCUT2D eigenvalue weighted by Crippen LogP contribution is -2.15. The number of nitrogens with zero attached hydrogens (tertiary/aromatic N) is 1. The van der Waals surface area contributed by atoms with E-state index >= 15 is 0 Å². The molecule has 0 heterocycles. The predicted octanol–water partition coefficient (Wildman–Crippen LogP) is 6.36. The third-order valence-corrected chi connectivity index (χ3v) is 4.75. The second-order valence-corrected chi connectivity index (χ2v) is 8.20. The SMILES string of the molecule is CC(C)(Cl)c1ccccc1OC(=O)CCc1cccc(Oc2ccccc2)c1C#N. The van der Waals surface area contributed by atoms with Crippen molar-refractivity contribution in [3.05, 3.63) is 89.5 Å². The van der Waals surface area contributed by atoms with E-state index in [0.29, 0.717) is 29.2 Å². The van der Waals surface area contributed by atoms with Crippen LogP contribution >= 0.6 is 11.6 Å². The fourth-order valence-electron chi connectivity index (χ4n) is 3.07. The summed E-state index contributed by atoms with van der Waals surface area (Å²) in [5.41, 5.74) is 1.89. The average Bonchev–Trinajstić information content (AvgIpc) is 2.73. The van der Waals surface area contributed by atoms with E-state index in [1.807, 2.05) is 68.4 Å². The lowest BCUT2D eigenvalue weighted by molar-refractivity contribution is -0.134. The number of nitriles is 1. The van der Waals surface area contributed by atoms with E-state index in [-0.39, 0.29) is 12.4 Å². The highest BCUT2D eigenvalue weighted by atomic mass is 35.5. The van der Waals surface area contributed by atoms with Gasteiger partial charge in [-0.3, -0.25) is 4.79 Å². The Balaban J connectivity index is 1.71. The number of para-hydroxylation sites is 2. The highest BCUT2D eigenvalue weighted by Gasteiger charge is 2.22. The molecule has 0 saturated heterocycles. The molecule has 152 valence electrons. The first-order valence-electron chi connectivity index (χ1n) is 9.62. The lowest BCUT2D eigenvalue weighted by atomic mass is 10.0. The van der Waals surface area contributed by atoms with Crippen molar-refractivity contribution in [3.63, 3.8) is 0 Å². The molecule has 0 bridgehead atoms. The van der Waals surface area contributed by atoms with Gasteiger partial charge in [-0.1, -0.05) is 48.5 Å². The van der Waals surface area contributed by atoms with Crippen LogP contribution in [0.5, 0.6) is 17.2 Å². The van der Waals surface area contributed by atoms with Gasteiger partial charge < -0.3 is 9.47 Å². The number of halogens is 1. The minimum atomic E-state index is -0.659. The Morgan fingerprint density at radius 1 is 0.967 bits per heavy atom. The molecule has 0 N–H and O–H groups in total. The van der Waals surface area contributed by atoms with E-state index in [2.05, 4.69) is 6.07 Å². The van der Waals surface area contributed by atoms with Gasteiger partial charge in [-0.25, -0.2) is 0 Å². The lowest BCUT2D eigenvalue weighted by Gasteiger charge is -2.19. The summed E-state index contributed by atoms with van der Waals surface area (Å²) in [6, 6.07) is 24.0. The zero-order valence-electron chi connectivity index (χ0n) is 16.9. The number of rotatable bonds is 7. The maximum atomic E-state index is 12.5. The number of hydrogen-bond donors (Lipinski definition) is 0. The van der Waals surface area contributed by atoms with Crippen LogP contribution in [0.4, 0.5) is 0 Å². The van der Waals surface area contributed by atoms with Gasteiger partial charge in [0.05, 0.1) is 16.9 Å². The number of ether oxygens (including phenoxy) is 2. The number of hydrogen-bond acceptors (Lipinski definition) is 4. The molecule has 0 saturated carbocycles. The smallest absolute Gasteiger partial charge is 0.311 e. The molecule has 0 spiro atoms. The molecular weight excluding hydrogens is 398 g/mol. The molecule has 0 aliphatic carbocycles. The largest absolute Gasteiger partial charge is 0.456 e. The fourth-order valence-corrected chi connectivity index (χ4v) is 3.23. The molecule has 5 heteroatoms. The Labute approximate surface area is 181 Å². The van der Waals surface area contributed by atoms with Crippen LogP contribution < -0.4 is 9.47 Å². The molecule has 3 aromatic carbocycles. The van der Waals surface area contributed by atoms with Crippen LogP contribution in [0, 0.1) is 11.3 Å². The minimum absolute atomic E-state index is 0.126. The average molecular weight is 420 g/mol. The first-order chi connectivity index (χ1) is 14.4. The predicted molar refractivity (Wildman–Crippen MR) is 117 cm³/mol. The fraction of sp³-hybridized carbons (Fsp3) is 0.200. The summed E-state index contributed by atoms with van der Waals surface area (Å²) >= 11 is 6.40. The summed E-state index contributed by atoms with van der Waals surface area (Å²) in [5.74, 6) is 1.17. The summed E-state index contributed by atoms with van der Waals surface area (Å²) in [6.07, 6.45) is 0.487. The van der Waals surface area contributed by atoms with Crippen molar-refractivity contribution in [3.8, 4) is 23.3 Å². The maximum Gasteiger partial charge on any atom is 0.311 e. The molecule has 0 aliphatic rings. The van der Waals surface area contributed by atoms with Gasteiger partial charge in [0.2, 0.25) is 0 Å². The third kappa shape index (κ3) is 5.40. The summed E-state index contributed by atoms with van der Waals surface area (Å²) < 4.78 is 11.4. The molecule has 0 atom stereocenters. The summed E-state index contributed by atoms with van der Waals surface area (Å²) in [7, 11) is 0. The standard InChI is InChI=1S/C25H22ClNO3/c1-25(2,26)21-12-6-7-13-23(21)30-24(28)16-15-18-9-8-14-22(20(18)17-27)29-19-10-4-3-5-11-19/h3-14H,15-16H2,1-2H3. The van der Waals surface area contributed by atoms with Gasteiger partial charge in [0, 0.05) is 5.56 Å². The molecule has 0 fully saturated rings. The number of esters is 1. The van der Waals surface area contributed by atoms with Gasteiger partial charge in [-0.05, 0) is 50.1 Å². The summed E-state index contributed by atoms with van der Waals surface area (Å²) in [4.78, 5) is 11.8. The van der Waals surface area contributed by atoms with Gasteiger partial charge in [-0.2, -0.15) is 5.26 Å². The molecule has 30 heavy (non-hydrogen) atoms. The molecule has 4 nitrogen and oxygen atoms in total. The zero-order chi connectivity index (χ0) is 21.6. The van der Waals surface area contributed by atoms with Crippen LogP contribution in [0.1, 0.15) is 37.0 Å². The second kappa shape index (κ2) is 9.47. The summed E-state index contributed by atoms with van der Waals surface area (Å²) in [6.45, 7) is 3.69. The van der Waals surface area contributed by atoms with Crippen LogP contribution in [0.25, 0.3) is 0 Å². The van der Waals surface area contributed by atoms with Crippen LogP contribution in [0.15, 0.2) is 72.8 Å². The van der Waals surface area contributed by atoms with Crippen LogP contribution in [0.2, 0.25) is 0 Å².